The molecule has 0 unspecified atom stereocenters. The molecule has 0 atom stereocenters. The first-order valence-electron chi connectivity index (χ1n) is 10.3. The molecule has 1 heterocycles. The summed E-state index contributed by atoms with van der Waals surface area (Å²) >= 11 is 0. The Hall–Kier alpha value is -2.93. The van der Waals surface area contributed by atoms with Crippen LogP contribution < -0.4 is 15.5 Å². The molecular weight excluding hydrogens is 385 g/mol. The molecule has 0 radical (unpaired) electrons. The molecule has 0 aromatic heterocycles. The molecule has 6 nitrogen and oxygen atoms in total. The maximum Gasteiger partial charge on any atom is 0.255 e. The molecule has 0 saturated carbocycles. The Morgan fingerprint density at radius 3 is 2.60 bits per heavy atom. The lowest BCUT2D eigenvalue weighted by Gasteiger charge is -2.30. The molecule has 1 aliphatic heterocycles. The summed E-state index contributed by atoms with van der Waals surface area (Å²) in [5.41, 5.74) is 2.10. The quantitative estimate of drug-likeness (QED) is 0.645. The Bertz CT molecular complexity index is 882. The highest BCUT2D eigenvalue weighted by atomic mass is 19.1. The smallest absolute Gasteiger partial charge is 0.255 e. The number of piperidine rings is 1. The van der Waals surface area contributed by atoms with E-state index in [-0.39, 0.29) is 11.5 Å². The summed E-state index contributed by atoms with van der Waals surface area (Å²) < 4.78 is 18.4. The van der Waals surface area contributed by atoms with E-state index in [4.69, 9.17) is 4.74 Å². The van der Waals surface area contributed by atoms with E-state index >= 15 is 0 Å². The molecule has 1 fully saturated rings. The van der Waals surface area contributed by atoms with Crippen molar-refractivity contribution in [3.05, 3.63) is 59.4 Å². The van der Waals surface area contributed by atoms with Crippen molar-refractivity contribution in [1.29, 1.82) is 0 Å². The molecule has 30 heavy (non-hydrogen) atoms. The number of carbonyl (C=O) groups excluding carboxylic acids is 2. The van der Waals surface area contributed by atoms with Crippen LogP contribution in [0.1, 0.15) is 46.4 Å². The van der Waals surface area contributed by atoms with Gasteiger partial charge in [-0.05, 0) is 62.1 Å². The molecule has 0 bridgehead atoms. The van der Waals surface area contributed by atoms with Crippen LogP contribution in [-0.4, -0.2) is 45.2 Å². The van der Waals surface area contributed by atoms with Crippen LogP contribution in [0.2, 0.25) is 0 Å². The normalized spacial score (nSPS) is 13.7. The largest absolute Gasteiger partial charge is 0.385 e. The number of hydrogen-bond acceptors (Lipinski definition) is 4. The van der Waals surface area contributed by atoms with Gasteiger partial charge in [0, 0.05) is 50.3 Å². The number of carbonyl (C=O) groups is 2. The standard InChI is InChI=1S/C23H28FN3O3/c1-30-14-6-11-25-23(29)20-16-19(9-10-21(20)27-12-3-2-4-13-27)26-22(28)17-7-5-8-18(24)15-17/h5,7-10,15-16H,2-4,6,11-14H2,1H3,(H,25,29)(H,26,28). The fourth-order valence-corrected chi connectivity index (χ4v) is 3.55. The van der Waals surface area contributed by atoms with Crippen LogP contribution in [0.25, 0.3) is 0 Å². The summed E-state index contributed by atoms with van der Waals surface area (Å²) in [4.78, 5) is 27.6. The molecule has 3 rings (SSSR count). The van der Waals surface area contributed by atoms with E-state index in [1.165, 1.54) is 24.6 Å². The number of nitrogens with one attached hydrogen (secondary N) is 2. The number of nitrogens with zero attached hydrogens (tertiary/aromatic N) is 1. The summed E-state index contributed by atoms with van der Waals surface area (Å²) in [6, 6.07) is 10.8. The van der Waals surface area contributed by atoms with Gasteiger partial charge in [-0.2, -0.15) is 0 Å². The van der Waals surface area contributed by atoms with Crippen LogP contribution in [-0.2, 0) is 4.74 Å². The molecular formula is C23H28FN3O3. The first-order chi connectivity index (χ1) is 14.6. The molecule has 2 N–H and O–H groups in total. The maximum absolute atomic E-state index is 13.4. The van der Waals surface area contributed by atoms with Crippen molar-refractivity contribution in [2.45, 2.75) is 25.7 Å². The number of rotatable bonds is 8. The summed E-state index contributed by atoms with van der Waals surface area (Å²) in [5, 5.41) is 5.69. The van der Waals surface area contributed by atoms with Gasteiger partial charge in [0.05, 0.1) is 5.56 Å². The van der Waals surface area contributed by atoms with Crippen molar-refractivity contribution in [1.82, 2.24) is 5.32 Å². The molecule has 0 aliphatic carbocycles. The number of hydrogen-bond donors (Lipinski definition) is 2. The van der Waals surface area contributed by atoms with Crippen molar-refractivity contribution in [2.75, 3.05) is 43.6 Å². The highest BCUT2D eigenvalue weighted by Gasteiger charge is 2.20. The van der Waals surface area contributed by atoms with Crippen LogP contribution in [0, 0.1) is 5.82 Å². The number of ether oxygens (including phenoxy) is 1. The topological polar surface area (TPSA) is 70.7 Å². The van der Waals surface area contributed by atoms with Gasteiger partial charge in [-0.1, -0.05) is 6.07 Å². The lowest BCUT2D eigenvalue weighted by atomic mass is 10.1. The summed E-state index contributed by atoms with van der Waals surface area (Å²) in [6.45, 7) is 2.88. The second-order valence-electron chi connectivity index (χ2n) is 7.35. The number of methoxy groups -OCH3 is 1. The number of amides is 2. The van der Waals surface area contributed by atoms with Gasteiger partial charge < -0.3 is 20.3 Å². The van der Waals surface area contributed by atoms with E-state index in [1.54, 1.807) is 25.3 Å². The second-order valence-corrected chi connectivity index (χ2v) is 7.35. The Labute approximate surface area is 176 Å². The molecule has 0 spiro atoms. The third-order valence-electron chi connectivity index (χ3n) is 5.09. The number of anilines is 2. The number of benzene rings is 2. The zero-order valence-corrected chi connectivity index (χ0v) is 17.2. The third-order valence-corrected chi connectivity index (χ3v) is 5.09. The monoisotopic (exact) mass is 413 g/mol. The lowest BCUT2D eigenvalue weighted by molar-refractivity contribution is 0.0947. The minimum absolute atomic E-state index is 0.187. The Morgan fingerprint density at radius 1 is 1.07 bits per heavy atom. The van der Waals surface area contributed by atoms with Crippen molar-refractivity contribution in [3.63, 3.8) is 0 Å². The summed E-state index contributed by atoms with van der Waals surface area (Å²) in [7, 11) is 1.63. The zero-order valence-electron chi connectivity index (χ0n) is 17.2. The predicted octanol–water partition coefficient (Wildman–Crippen LogP) is 3.83. The van der Waals surface area contributed by atoms with Gasteiger partial charge in [-0.3, -0.25) is 9.59 Å². The Balaban J connectivity index is 1.80. The number of halogens is 1. The third kappa shape index (κ3) is 5.79. The Kier molecular flexibility index (Phi) is 7.79. The van der Waals surface area contributed by atoms with Crippen molar-refractivity contribution in [3.8, 4) is 0 Å². The molecule has 1 aliphatic rings. The first-order valence-corrected chi connectivity index (χ1v) is 10.3. The van der Waals surface area contributed by atoms with Gasteiger partial charge in [0.2, 0.25) is 0 Å². The first kappa shape index (κ1) is 21.8. The van der Waals surface area contributed by atoms with E-state index in [0.717, 1.165) is 38.0 Å². The van der Waals surface area contributed by atoms with Crippen LogP contribution >= 0.6 is 0 Å². The molecule has 1 saturated heterocycles. The van der Waals surface area contributed by atoms with E-state index in [1.807, 2.05) is 6.07 Å². The molecule has 7 heteroatoms. The van der Waals surface area contributed by atoms with Gasteiger partial charge in [0.1, 0.15) is 5.82 Å². The summed E-state index contributed by atoms with van der Waals surface area (Å²) in [5.74, 6) is -1.08. The lowest BCUT2D eigenvalue weighted by Crippen LogP contribution is -2.33. The van der Waals surface area contributed by atoms with Gasteiger partial charge in [-0.15, -0.1) is 0 Å². The van der Waals surface area contributed by atoms with E-state index in [9.17, 15) is 14.0 Å². The minimum atomic E-state index is -0.473. The second kappa shape index (κ2) is 10.7. The average molecular weight is 413 g/mol. The fraction of sp³-hybridized carbons (Fsp3) is 0.391. The molecule has 2 aromatic carbocycles. The van der Waals surface area contributed by atoms with Crippen molar-refractivity contribution >= 4 is 23.2 Å². The van der Waals surface area contributed by atoms with E-state index in [0.29, 0.717) is 24.4 Å². The molecule has 2 aromatic rings. The molecule has 2 amide bonds. The average Bonchev–Trinajstić information content (AvgIpc) is 2.77. The zero-order chi connectivity index (χ0) is 21.3. The summed E-state index contributed by atoms with van der Waals surface area (Å²) in [6.07, 6.45) is 4.09. The van der Waals surface area contributed by atoms with E-state index < -0.39 is 11.7 Å². The van der Waals surface area contributed by atoms with Gasteiger partial charge >= 0.3 is 0 Å². The van der Waals surface area contributed by atoms with Gasteiger partial charge in [0.15, 0.2) is 0 Å². The minimum Gasteiger partial charge on any atom is -0.385 e. The van der Waals surface area contributed by atoms with Crippen LogP contribution in [0.5, 0.6) is 0 Å². The van der Waals surface area contributed by atoms with Crippen molar-refractivity contribution in [2.24, 2.45) is 0 Å². The van der Waals surface area contributed by atoms with Gasteiger partial charge in [0.25, 0.3) is 11.8 Å². The maximum atomic E-state index is 13.4. The van der Waals surface area contributed by atoms with Gasteiger partial charge in [-0.25, -0.2) is 4.39 Å². The highest BCUT2D eigenvalue weighted by molar-refractivity contribution is 6.06. The SMILES string of the molecule is COCCCNC(=O)c1cc(NC(=O)c2cccc(F)c2)ccc1N1CCCCC1. The fourth-order valence-electron chi connectivity index (χ4n) is 3.55. The van der Waals surface area contributed by atoms with Crippen LogP contribution in [0.15, 0.2) is 42.5 Å². The molecule has 160 valence electrons. The Morgan fingerprint density at radius 2 is 1.87 bits per heavy atom. The van der Waals surface area contributed by atoms with Crippen molar-refractivity contribution < 1.29 is 18.7 Å². The highest BCUT2D eigenvalue weighted by Crippen LogP contribution is 2.27. The van der Waals surface area contributed by atoms with E-state index in [2.05, 4.69) is 15.5 Å². The predicted molar refractivity (Wildman–Crippen MR) is 116 cm³/mol. The van der Waals surface area contributed by atoms with Crippen LogP contribution in [0.3, 0.4) is 0 Å². The van der Waals surface area contributed by atoms with Crippen LogP contribution in [0.4, 0.5) is 15.8 Å².